The van der Waals surface area contributed by atoms with Gasteiger partial charge in [0, 0.05) is 43.8 Å². The summed E-state index contributed by atoms with van der Waals surface area (Å²) in [5, 5.41) is 14.0. The summed E-state index contributed by atoms with van der Waals surface area (Å²) in [6.07, 6.45) is 0.871. The van der Waals surface area contributed by atoms with Crippen molar-refractivity contribution in [2.75, 3.05) is 26.2 Å². The van der Waals surface area contributed by atoms with E-state index in [-0.39, 0.29) is 17.1 Å². The molecule has 1 aliphatic rings. The molecule has 5 rings (SSSR count). The molecule has 36 heavy (non-hydrogen) atoms. The molecule has 4 aromatic rings. The maximum atomic E-state index is 13.5. The largest absolute Gasteiger partial charge is 0.322 e. The van der Waals surface area contributed by atoms with Crippen LogP contribution in [0.4, 0.5) is 0 Å². The van der Waals surface area contributed by atoms with Crippen molar-refractivity contribution in [1.29, 1.82) is 0 Å². The van der Waals surface area contributed by atoms with Crippen LogP contribution in [-0.4, -0.2) is 61.2 Å². The van der Waals surface area contributed by atoms with E-state index in [1.807, 2.05) is 22.9 Å². The summed E-state index contributed by atoms with van der Waals surface area (Å²) in [5.74, 6) is 0.718. The Morgan fingerprint density at radius 3 is 2.50 bits per heavy atom. The summed E-state index contributed by atoms with van der Waals surface area (Å²) in [6.45, 7) is 12.9. The van der Waals surface area contributed by atoms with Crippen LogP contribution < -0.4 is 5.56 Å². The van der Waals surface area contributed by atoms with Crippen LogP contribution in [-0.2, 0) is 12.1 Å². The average molecular weight is 486 g/mol. The van der Waals surface area contributed by atoms with Gasteiger partial charge in [0.05, 0.1) is 5.54 Å². The zero-order valence-corrected chi connectivity index (χ0v) is 21.6. The molecule has 0 spiro atoms. The Hall–Kier alpha value is -3.36. The monoisotopic (exact) mass is 485 g/mol. The molecule has 3 heterocycles. The van der Waals surface area contributed by atoms with E-state index in [1.165, 1.54) is 5.56 Å². The fourth-order valence-corrected chi connectivity index (χ4v) is 5.01. The summed E-state index contributed by atoms with van der Waals surface area (Å²) >= 11 is 0. The Morgan fingerprint density at radius 2 is 1.78 bits per heavy atom. The van der Waals surface area contributed by atoms with Crippen LogP contribution >= 0.6 is 0 Å². The standard InChI is InChI=1S/C28H35N7O/c1-5-28(3,4)35-26(30-31-32-35)25(23-18-22-17-20(2)11-12-24(22)29-27(23)36)34-15-13-33(14-16-34)19-21-9-7-6-8-10-21/h6-12,17-18,25H,5,13-16,19H2,1-4H3,(H,29,36)/t25-/m0/s1. The maximum Gasteiger partial charge on any atom is 0.253 e. The van der Waals surface area contributed by atoms with Crippen molar-refractivity contribution in [2.45, 2.75) is 52.2 Å². The first-order valence-corrected chi connectivity index (χ1v) is 12.8. The molecule has 0 bridgehead atoms. The fourth-order valence-electron chi connectivity index (χ4n) is 5.01. The highest BCUT2D eigenvalue weighted by atomic mass is 16.1. The molecule has 2 aromatic heterocycles. The Bertz CT molecular complexity index is 1380. The van der Waals surface area contributed by atoms with Gasteiger partial charge in [0.15, 0.2) is 5.82 Å². The van der Waals surface area contributed by atoms with Crippen LogP contribution in [0.15, 0.2) is 59.4 Å². The first kappa shape index (κ1) is 24.3. The molecule has 1 atom stereocenters. The minimum absolute atomic E-state index is 0.0908. The third kappa shape index (κ3) is 4.83. The first-order valence-electron chi connectivity index (χ1n) is 12.8. The number of aromatic amines is 1. The third-order valence-corrected chi connectivity index (χ3v) is 7.52. The van der Waals surface area contributed by atoms with E-state index >= 15 is 0 Å². The number of nitrogens with zero attached hydrogens (tertiary/aromatic N) is 6. The van der Waals surface area contributed by atoms with E-state index in [0.717, 1.165) is 61.4 Å². The van der Waals surface area contributed by atoms with E-state index in [0.29, 0.717) is 5.56 Å². The number of nitrogens with one attached hydrogen (secondary N) is 1. The predicted octanol–water partition coefficient (Wildman–Crippen LogP) is 3.88. The predicted molar refractivity (Wildman–Crippen MR) is 142 cm³/mol. The molecule has 0 saturated carbocycles. The molecule has 1 aliphatic heterocycles. The number of tetrazole rings is 1. The van der Waals surface area contributed by atoms with Crippen LogP contribution in [0.2, 0.25) is 0 Å². The summed E-state index contributed by atoms with van der Waals surface area (Å²) in [7, 11) is 0. The van der Waals surface area contributed by atoms with Crippen LogP contribution in [0, 0.1) is 6.92 Å². The minimum Gasteiger partial charge on any atom is -0.322 e. The molecule has 8 nitrogen and oxygen atoms in total. The minimum atomic E-state index is -0.335. The maximum absolute atomic E-state index is 13.5. The first-order chi connectivity index (χ1) is 17.4. The van der Waals surface area contributed by atoms with E-state index in [1.54, 1.807) is 0 Å². The number of hydrogen-bond donors (Lipinski definition) is 1. The number of aryl methyl sites for hydroxylation is 1. The zero-order chi connectivity index (χ0) is 25.3. The quantitative estimate of drug-likeness (QED) is 0.428. The lowest BCUT2D eigenvalue weighted by molar-refractivity contribution is 0.0968. The number of pyridine rings is 1. The van der Waals surface area contributed by atoms with Gasteiger partial charge in [-0.2, -0.15) is 0 Å². The molecule has 1 N–H and O–H groups in total. The number of piperazine rings is 1. The van der Waals surface area contributed by atoms with E-state index in [2.05, 4.69) is 94.4 Å². The van der Waals surface area contributed by atoms with Crippen LogP contribution in [0.3, 0.4) is 0 Å². The lowest BCUT2D eigenvalue weighted by Gasteiger charge is -2.39. The lowest BCUT2D eigenvalue weighted by Crippen LogP contribution is -2.49. The van der Waals surface area contributed by atoms with E-state index in [4.69, 9.17) is 0 Å². The molecular formula is C28H35N7O. The number of hydrogen-bond acceptors (Lipinski definition) is 6. The van der Waals surface area contributed by atoms with Crippen molar-refractivity contribution in [2.24, 2.45) is 0 Å². The number of rotatable bonds is 7. The van der Waals surface area contributed by atoms with Crippen molar-refractivity contribution < 1.29 is 0 Å². The molecule has 0 radical (unpaired) electrons. The Labute approximate surface area is 211 Å². The molecular weight excluding hydrogens is 450 g/mol. The smallest absolute Gasteiger partial charge is 0.253 e. The van der Waals surface area contributed by atoms with Crippen molar-refractivity contribution in [1.82, 2.24) is 35.0 Å². The third-order valence-electron chi connectivity index (χ3n) is 7.52. The topological polar surface area (TPSA) is 82.9 Å². The highest BCUT2D eigenvalue weighted by Gasteiger charge is 2.35. The van der Waals surface area contributed by atoms with Crippen LogP contribution in [0.1, 0.15) is 55.7 Å². The Morgan fingerprint density at radius 1 is 1.03 bits per heavy atom. The van der Waals surface area contributed by atoms with Gasteiger partial charge in [-0.25, -0.2) is 4.68 Å². The van der Waals surface area contributed by atoms with Crippen molar-refractivity contribution in [3.8, 4) is 0 Å². The van der Waals surface area contributed by atoms with E-state index in [9.17, 15) is 4.79 Å². The summed E-state index contributed by atoms with van der Waals surface area (Å²) < 4.78 is 1.91. The van der Waals surface area contributed by atoms with Crippen LogP contribution in [0.5, 0.6) is 0 Å². The number of fused-ring (bicyclic) bond motifs is 1. The Balaban J connectivity index is 1.52. The van der Waals surface area contributed by atoms with Gasteiger partial charge < -0.3 is 4.98 Å². The second-order valence-electron chi connectivity index (χ2n) is 10.5. The second kappa shape index (κ2) is 9.95. The number of aromatic nitrogens is 5. The van der Waals surface area contributed by atoms with Gasteiger partial charge in [0.2, 0.25) is 0 Å². The van der Waals surface area contributed by atoms with Gasteiger partial charge in [0.25, 0.3) is 5.56 Å². The number of benzene rings is 2. The SMILES string of the molecule is CCC(C)(C)n1nnnc1[C@H](c1cc2cc(C)ccc2[nH]c1=O)N1CCN(Cc2ccccc2)CC1. The lowest BCUT2D eigenvalue weighted by atomic mass is 9.98. The molecule has 0 amide bonds. The zero-order valence-electron chi connectivity index (χ0n) is 21.6. The van der Waals surface area contributed by atoms with Crippen molar-refractivity contribution >= 4 is 10.9 Å². The van der Waals surface area contributed by atoms with Crippen LogP contribution in [0.25, 0.3) is 10.9 Å². The van der Waals surface area contributed by atoms with E-state index < -0.39 is 0 Å². The summed E-state index contributed by atoms with van der Waals surface area (Å²) in [5.41, 5.74) is 3.64. The number of H-pyrrole nitrogens is 1. The van der Waals surface area contributed by atoms with Gasteiger partial charge in [-0.15, -0.1) is 5.10 Å². The van der Waals surface area contributed by atoms with Gasteiger partial charge in [-0.1, -0.05) is 48.9 Å². The van der Waals surface area contributed by atoms with Gasteiger partial charge in [-0.3, -0.25) is 14.6 Å². The molecule has 8 heteroatoms. The van der Waals surface area contributed by atoms with Gasteiger partial charge in [-0.05, 0) is 66.8 Å². The fraction of sp³-hybridized carbons (Fsp3) is 0.429. The summed E-state index contributed by atoms with van der Waals surface area (Å²) in [4.78, 5) is 21.4. The summed E-state index contributed by atoms with van der Waals surface area (Å²) in [6, 6.07) is 18.4. The average Bonchev–Trinajstić information content (AvgIpc) is 3.37. The van der Waals surface area contributed by atoms with Crippen molar-refractivity contribution in [3.63, 3.8) is 0 Å². The Kier molecular flexibility index (Phi) is 6.73. The van der Waals surface area contributed by atoms with Crippen molar-refractivity contribution in [3.05, 3.63) is 87.5 Å². The molecule has 1 saturated heterocycles. The highest BCUT2D eigenvalue weighted by molar-refractivity contribution is 5.79. The highest BCUT2D eigenvalue weighted by Crippen LogP contribution is 2.31. The molecule has 2 aromatic carbocycles. The normalized spacial score (nSPS) is 16.4. The molecule has 0 aliphatic carbocycles. The second-order valence-corrected chi connectivity index (χ2v) is 10.5. The van der Waals surface area contributed by atoms with Gasteiger partial charge in [0.1, 0.15) is 6.04 Å². The molecule has 0 unspecified atom stereocenters. The van der Waals surface area contributed by atoms with Gasteiger partial charge >= 0.3 is 0 Å². The molecule has 188 valence electrons. The molecule has 1 fully saturated rings.